The molecular weight excluding hydrogens is 518 g/mol. The number of H-pyrrole nitrogens is 1. The maximum atomic E-state index is 12.3. The largest absolute Gasteiger partial charge is 0.493 e. The third-order valence-electron chi connectivity index (χ3n) is 7.08. The van der Waals surface area contributed by atoms with E-state index in [1.165, 1.54) is 16.5 Å². The SMILES string of the molecule is CC(CO)Cc1c[nH]c2ccccc12.COc1cc(-c2cc3c(c(C(C)=O)c2)OC(C)(C)C=C3)cc(OC)c1OC. The molecule has 41 heavy (non-hydrogen) atoms. The van der Waals surface area contributed by atoms with Gasteiger partial charge in [0, 0.05) is 29.3 Å². The van der Waals surface area contributed by atoms with E-state index < -0.39 is 5.60 Å². The van der Waals surface area contributed by atoms with Crippen molar-refractivity contribution in [3.05, 3.63) is 77.5 Å². The van der Waals surface area contributed by atoms with Gasteiger partial charge in [-0.15, -0.1) is 0 Å². The van der Waals surface area contributed by atoms with Crippen LogP contribution < -0.4 is 18.9 Å². The molecule has 1 aliphatic rings. The Bertz CT molecular complexity index is 1540. The minimum atomic E-state index is -0.453. The molecule has 7 nitrogen and oxygen atoms in total. The summed E-state index contributed by atoms with van der Waals surface area (Å²) in [4.78, 5) is 15.5. The van der Waals surface area contributed by atoms with Gasteiger partial charge >= 0.3 is 0 Å². The normalized spacial score (nSPS) is 13.9. The zero-order valence-electron chi connectivity index (χ0n) is 24.8. The van der Waals surface area contributed by atoms with Crippen LogP contribution in [0.25, 0.3) is 28.1 Å². The third-order valence-corrected chi connectivity index (χ3v) is 7.08. The number of ketones is 1. The number of fused-ring (bicyclic) bond motifs is 2. The van der Waals surface area contributed by atoms with Crippen LogP contribution in [-0.4, -0.2) is 49.4 Å². The van der Waals surface area contributed by atoms with Gasteiger partial charge in [0.1, 0.15) is 11.4 Å². The molecule has 216 valence electrons. The van der Waals surface area contributed by atoms with Crippen molar-refractivity contribution in [3.8, 4) is 34.1 Å². The van der Waals surface area contributed by atoms with E-state index in [0.29, 0.717) is 34.5 Å². The summed E-state index contributed by atoms with van der Waals surface area (Å²) in [6, 6.07) is 15.8. The number of ether oxygens (including phenoxy) is 4. The molecular formula is C34H39NO6. The topological polar surface area (TPSA) is 90.0 Å². The number of nitrogens with one attached hydrogen (secondary N) is 1. The standard InChI is InChI=1S/C22H24O5.C12H15NO/c1-13(23)17-10-15(9-14-7-8-22(2,3)27-20(14)17)16-11-18(24-4)21(26-6)19(12-16)25-5;1-9(8-14)6-10-7-13-12-5-3-2-4-11(10)12/h7-12H,1-6H3;2-5,7,9,13-14H,6,8H2,1H3. The lowest BCUT2D eigenvalue weighted by molar-refractivity contribution is 0.1000. The van der Waals surface area contributed by atoms with Crippen molar-refractivity contribution in [1.29, 1.82) is 0 Å². The summed E-state index contributed by atoms with van der Waals surface area (Å²) in [5.41, 5.74) is 5.15. The lowest BCUT2D eigenvalue weighted by Gasteiger charge is -2.29. The number of aromatic nitrogens is 1. The molecule has 3 aromatic carbocycles. The molecule has 0 spiro atoms. The molecule has 0 aliphatic carbocycles. The first-order chi connectivity index (χ1) is 19.6. The van der Waals surface area contributed by atoms with Gasteiger partial charge in [0.15, 0.2) is 17.3 Å². The average Bonchev–Trinajstić information content (AvgIpc) is 3.38. The number of carbonyl (C=O) groups excluding carboxylic acids is 1. The van der Waals surface area contributed by atoms with Crippen molar-refractivity contribution in [2.45, 2.75) is 39.7 Å². The number of aliphatic hydroxyl groups excluding tert-OH is 1. The molecule has 2 N–H and O–H groups in total. The fourth-order valence-electron chi connectivity index (χ4n) is 4.89. The number of Topliss-reactive ketones (excluding diaryl/α,β-unsaturated/α-hetero) is 1. The van der Waals surface area contributed by atoms with Gasteiger partial charge in [0.25, 0.3) is 0 Å². The first-order valence-electron chi connectivity index (χ1n) is 13.6. The highest BCUT2D eigenvalue weighted by molar-refractivity contribution is 6.00. The minimum absolute atomic E-state index is 0.0494. The number of aromatic amines is 1. The van der Waals surface area contributed by atoms with Crippen LogP contribution >= 0.6 is 0 Å². The summed E-state index contributed by atoms with van der Waals surface area (Å²) in [6.07, 6.45) is 6.95. The quantitative estimate of drug-likeness (QED) is 0.225. The maximum absolute atomic E-state index is 12.3. The monoisotopic (exact) mass is 557 g/mol. The van der Waals surface area contributed by atoms with Crippen LogP contribution in [0.15, 0.2) is 60.8 Å². The van der Waals surface area contributed by atoms with Crippen molar-refractivity contribution in [2.75, 3.05) is 27.9 Å². The Morgan fingerprint density at radius 2 is 1.66 bits per heavy atom. The summed E-state index contributed by atoms with van der Waals surface area (Å²) in [5.74, 6) is 2.54. The van der Waals surface area contributed by atoms with E-state index in [4.69, 9.17) is 24.1 Å². The second-order valence-corrected chi connectivity index (χ2v) is 10.8. The van der Waals surface area contributed by atoms with Gasteiger partial charge in [-0.2, -0.15) is 0 Å². The van der Waals surface area contributed by atoms with Crippen LogP contribution in [0.5, 0.6) is 23.0 Å². The molecule has 0 amide bonds. The van der Waals surface area contributed by atoms with E-state index >= 15 is 0 Å². The summed E-state index contributed by atoms with van der Waals surface area (Å²) in [6.45, 7) is 7.78. The average molecular weight is 558 g/mol. The number of rotatable bonds is 8. The summed E-state index contributed by atoms with van der Waals surface area (Å²) in [5, 5.41) is 10.3. The zero-order valence-corrected chi connectivity index (χ0v) is 24.8. The van der Waals surface area contributed by atoms with E-state index in [2.05, 4.69) is 24.0 Å². The van der Waals surface area contributed by atoms with Crippen LogP contribution in [-0.2, 0) is 6.42 Å². The highest BCUT2D eigenvalue weighted by atomic mass is 16.5. The number of methoxy groups -OCH3 is 3. The molecule has 4 aromatic rings. The molecule has 0 saturated heterocycles. The van der Waals surface area contributed by atoms with E-state index in [9.17, 15) is 4.79 Å². The summed E-state index contributed by atoms with van der Waals surface area (Å²) < 4.78 is 22.3. The number of hydrogen-bond acceptors (Lipinski definition) is 6. The number of hydrogen-bond donors (Lipinski definition) is 2. The van der Waals surface area contributed by atoms with E-state index in [0.717, 1.165) is 23.1 Å². The molecule has 0 bridgehead atoms. The molecule has 5 rings (SSSR count). The fourth-order valence-corrected chi connectivity index (χ4v) is 4.89. The van der Waals surface area contributed by atoms with Gasteiger partial charge in [-0.25, -0.2) is 0 Å². The fraction of sp³-hybridized carbons (Fsp3) is 0.324. The maximum Gasteiger partial charge on any atom is 0.203 e. The molecule has 0 radical (unpaired) electrons. The molecule has 1 aromatic heterocycles. The Kier molecular flexibility index (Phi) is 9.08. The van der Waals surface area contributed by atoms with Crippen molar-refractivity contribution in [1.82, 2.24) is 4.98 Å². The Hall–Kier alpha value is -4.23. The van der Waals surface area contributed by atoms with Gasteiger partial charge in [0.05, 0.1) is 26.9 Å². The van der Waals surface area contributed by atoms with Crippen LogP contribution in [0.1, 0.15) is 49.2 Å². The molecule has 1 atom stereocenters. The Balaban J connectivity index is 0.000000231. The number of carbonyl (C=O) groups is 1. The summed E-state index contributed by atoms with van der Waals surface area (Å²) in [7, 11) is 4.72. The molecule has 2 heterocycles. The smallest absolute Gasteiger partial charge is 0.203 e. The predicted molar refractivity (Wildman–Crippen MR) is 164 cm³/mol. The highest BCUT2D eigenvalue weighted by Gasteiger charge is 2.26. The molecule has 0 fully saturated rings. The lowest BCUT2D eigenvalue weighted by atomic mass is 9.93. The van der Waals surface area contributed by atoms with Gasteiger partial charge in [-0.1, -0.05) is 31.2 Å². The molecule has 7 heteroatoms. The van der Waals surface area contributed by atoms with E-state index in [1.54, 1.807) is 28.3 Å². The second-order valence-electron chi connectivity index (χ2n) is 10.8. The van der Waals surface area contributed by atoms with Gasteiger partial charge in [-0.05, 0) is 86.2 Å². The second kappa shape index (κ2) is 12.5. The van der Waals surface area contributed by atoms with Crippen molar-refractivity contribution >= 4 is 22.8 Å². The number of benzene rings is 3. The third kappa shape index (κ3) is 6.57. The van der Waals surface area contributed by atoms with Crippen molar-refractivity contribution < 1.29 is 28.8 Å². The lowest BCUT2D eigenvalue weighted by Crippen LogP contribution is -2.28. The van der Waals surface area contributed by atoms with Crippen molar-refractivity contribution in [2.24, 2.45) is 5.92 Å². The van der Waals surface area contributed by atoms with Crippen LogP contribution in [0.3, 0.4) is 0 Å². The zero-order chi connectivity index (χ0) is 29.7. The Morgan fingerprint density at radius 1 is 1.00 bits per heavy atom. The first kappa shape index (κ1) is 29.7. The van der Waals surface area contributed by atoms with Gasteiger partial charge in [-0.3, -0.25) is 4.79 Å². The number of aliphatic hydroxyl groups is 1. The summed E-state index contributed by atoms with van der Waals surface area (Å²) >= 11 is 0. The van der Waals surface area contributed by atoms with Crippen molar-refractivity contribution in [3.63, 3.8) is 0 Å². The van der Waals surface area contributed by atoms with Crippen LogP contribution in [0.2, 0.25) is 0 Å². The van der Waals surface area contributed by atoms with Crippen LogP contribution in [0, 0.1) is 5.92 Å². The van der Waals surface area contributed by atoms with Crippen LogP contribution in [0.4, 0.5) is 0 Å². The minimum Gasteiger partial charge on any atom is -0.493 e. The molecule has 1 unspecified atom stereocenters. The van der Waals surface area contributed by atoms with Gasteiger partial charge < -0.3 is 29.0 Å². The van der Waals surface area contributed by atoms with E-state index in [1.807, 2.05) is 68.6 Å². The van der Waals surface area contributed by atoms with E-state index in [-0.39, 0.29) is 12.4 Å². The Labute approximate surface area is 241 Å². The highest BCUT2D eigenvalue weighted by Crippen LogP contribution is 2.43. The van der Waals surface area contributed by atoms with Gasteiger partial charge in [0.2, 0.25) is 5.75 Å². The first-order valence-corrected chi connectivity index (χ1v) is 13.6. The molecule has 1 aliphatic heterocycles. The molecule has 0 saturated carbocycles. The Morgan fingerprint density at radius 3 is 2.27 bits per heavy atom. The number of para-hydroxylation sites is 1. The predicted octanol–water partition coefficient (Wildman–Crippen LogP) is 7.11.